The number of benzene rings is 1. The van der Waals surface area contributed by atoms with Gasteiger partial charge in [-0.3, -0.25) is 0 Å². The molecule has 0 spiro atoms. The summed E-state index contributed by atoms with van der Waals surface area (Å²) in [7, 11) is -20.7. The Hall–Kier alpha value is -1.35. The molecule has 0 N–H and O–H groups in total. The molecule has 1 aromatic carbocycles. The first-order valence-corrected chi connectivity index (χ1v) is 10.0. The predicted octanol–water partition coefficient (Wildman–Crippen LogP) is 1.61. The van der Waals surface area contributed by atoms with Gasteiger partial charge < -0.3 is 0 Å². The van der Waals surface area contributed by atoms with E-state index in [0.29, 0.717) is 12.1 Å². The van der Waals surface area contributed by atoms with Crippen molar-refractivity contribution in [3.8, 4) is 0 Å². The van der Waals surface area contributed by atoms with E-state index >= 15 is 0 Å². The van der Waals surface area contributed by atoms with Gasteiger partial charge in [0, 0.05) is 0 Å². The van der Waals surface area contributed by atoms with E-state index < -0.39 is 49.3 Å². The van der Waals surface area contributed by atoms with Crippen molar-refractivity contribution in [2.24, 2.45) is 0 Å². The van der Waals surface area contributed by atoms with Gasteiger partial charge in [-0.05, 0) is 12.1 Å². The van der Waals surface area contributed by atoms with Crippen LogP contribution in [-0.4, -0.2) is 40.2 Å². The first-order chi connectivity index (χ1) is 10.5. The molecule has 0 bridgehead atoms. The standard InChI is InChI=1S/C9H6F6O6S3/c10-8(11,12)23(18,19)7(24(20,21)9(13,14)15)22(16,17)6-4-2-1-3-5-6/h1-5,7H. The SMILES string of the molecule is O=S(=O)(c1ccccc1)C(S(=O)(=O)C(F)(F)F)S(=O)(=O)C(F)(F)F. The van der Waals surface area contributed by atoms with Crippen LogP contribution in [0.15, 0.2) is 35.2 Å². The summed E-state index contributed by atoms with van der Waals surface area (Å²) in [6.45, 7) is 0. The monoisotopic (exact) mass is 420 g/mol. The highest BCUT2D eigenvalue weighted by Gasteiger charge is 2.68. The van der Waals surface area contributed by atoms with Crippen LogP contribution in [0.1, 0.15) is 0 Å². The zero-order chi connectivity index (χ0) is 19.2. The van der Waals surface area contributed by atoms with Crippen LogP contribution >= 0.6 is 0 Å². The van der Waals surface area contributed by atoms with Crippen molar-refractivity contribution in [1.82, 2.24) is 0 Å². The molecule has 0 fully saturated rings. The van der Waals surface area contributed by atoms with Crippen LogP contribution in [0.5, 0.6) is 0 Å². The zero-order valence-corrected chi connectivity index (χ0v) is 13.4. The minimum atomic E-state index is -7.28. The second-order valence-electron chi connectivity index (χ2n) is 4.13. The van der Waals surface area contributed by atoms with E-state index in [1.165, 1.54) is 0 Å². The van der Waals surface area contributed by atoms with Gasteiger partial charge in [-0.1, -0.05) is 18.2 Å². The highest BCUT2D eigenvalue weighted by Crippen LogP contribution is 2.40. The van der Waals surface area contributed by atoms with Crippen molar-refractivity contribution in [3.05, 3.63) is 30.3 Å². The Morgan fingerprint density at radius 1 is 0.667 bits per heavy atom. The molecule has 0 unspecified atom stereocenters. The average Bonchev–Trinajstić information content (AvgIpc) is 2.36. The van der Waals surface area contributed by atoms with Crippen LogP contribution in [0.3, 0.4) is 0 Å². The van der Waals surface area contributed by atoms with E-state index in [1.54, 1.807) is 0 Å². The maximum Gasteiger partial charge on any atom is 0.499 e. The average molecular weight is 420 g/mol. The van der Waals surface area contributed by atoms with Crippen LogP contribution in [0.2, 0.25) is 0 Å². The number of alkyl halides is 6. The van der Waals surface area contributed by atoms with E-state index in [0.717, 1.165) is 18.2 Å². The summed E-state index contributed by atoms with van der Waals surface area (Å²) in [4.78, 5) is -1.34. The lowest BCUT2D eigenvalue weighted by Crippen LogP contribution is -2.49. The molecule has 0 radical (unpaired) electrons. The summed E-state index contributed by atoms with van der Waals surface area (Å²) < 4.78 is 140. The van der Waals surface area contributed by atoms with E-state index in [2.05, 4.69) is 0 Å². The number of rotatable bonds is 4. The molecule has 0 saturated carbocycles. The summed E-state index contributed by atoms with van der Waals surface area (Å²) in [5.74, 6) is 0. The lowest BCUT2D eigenvalue weighted by atomic mass is 10.4. The van der Waals surface area contributed by atoms with Crippen molar-refractivity contribution in [1.29, 1.82) is 0 Å². The van der Waals surface area contributed by atoms with Gasteiger partial charge in [0.2, 0.25) is 9.84 Å². The first-order valence-electron chi connectivity index (χ1n) is 5.36. The highest BCUT2D eigenvalue weighted by atomic mass is 32.3. The Balaban J connectivity index is 3.91. The van der Waals surface area contributed by atoms with Crippen LogP contribution in [0, 0.1) is 0 Å². The van der Waals surface area contributed by atoms with E-state index in [-0.39, 0.29) is 0 Å². The van der Waals surface area contributed by atoms with Crippen LogP contribution in [0.25, 0.3) is 0 Å². The molecule has 0 aromatic heterocycles. The van der Waals surface area contributed by atoms with Crippen molar-refractivity contribution in [2.45, 2.75) is 19.8 Å². The molecule has 15 heteroatoms. The minimum absolute atomic E-state index is 0.458. The van der Waals surface area contributed by atoms with Gasteiger partial charge in [0.1, 0.15) is 0 Å². The Bertz CT molecular complexity index is 868. The number of hydrogen-bond donors (Lipinski definition) is 0. The quantitative estimate of drug-likeness (QED) is 0.686. The summed E-state index contributed by atoms with van der Waals surface area (Å²) in [5, 5.41) is 0. The molecular formula is C9H6F6O6S3. The third-order valence-corrected chi connectivity index (χ3v) is 10.8. The van der Waals surface area contributed by atoms with Crippen LogP contribution in [0.4, 0.5) is 26.3 Å². The number of halogens is 6. The van der Waals surface area contributed by atoms with Gasteiger partial charge in [-0.2, -0.15) is 26.3 Å². The Morgan fingerprint density at radius 3 is 1.29 bits per heavy atom. The van der Waals surface area contributed by atoms with Gasteiger partial charge >= 0.3 is 11.0 Å². The Morgan fingerprint density at radius 2 is 1.00 bits per heavy atom. The fraction of sp³-hybridized carbons (Fsp3) is 0.333. The van der Waals surface area contributed by atoms with Gasteiger partial charge in [0.25, 0.3) is 23.6 Å². The number of hydrogen-bond acceptors (Lipinski definition) is 6. The molecule has 0 saturated heterocycles. The topological polar surface area (TPSA) is 102 Å². The molecule has 0 atom stereocenters. The van der Waals surface area contributed by atoms with E-state index in [9.17, 15) is 51.6 Å². The molecule has 0 aliphatic heterocycles. The molecule has 138 valence electrons. The molecule has 1 aromatic rings. The van der Waals surface area contributed by atoms with Crippen molar-refractivity contribution in [2.75, 3.05) is 0 Å². The molecule has 0 amide bonds. The molecule has 24 heavy (non-hydrogen) atoms. The Kier molecular flexibility index (Phi) is 5.06. The highest BCUT2D eigenvalue weighted by molar-refractivity contribution is 8.24. The number of sulfone groups is 3. The molecule has 0 aliphatic rings. The molecular weight excluding hydrogens is 414 g/mol. The van der Waals surface area contributed by atoms with Gasteiger partial charge in [0.05, 0.1) is 4.90 Å². The minimum Gasteiger partial charge on any atom is -0.221 e. The maximum atomic E-state index is 12.6. The second-order valence-corrected chi connectivity index (χ2v) is 11.1. The summed E-state index contributed by atoms with van der Waals surface area (Å²) in [6.07, 6.45) is 0. The van der Waals surface area contributed by atoms with Gasteiger partial charge in [-0.15, -0.1) is 0 Å². The molecule has 1 rings (SSSR count). The van der Waals surface area contributed by atoms with E-state index in [1.807, 2.05) is 0 Å². The molecule has 0 heterocycles. The van der Waals surface area contributed by atoms with Crippen molar-refractivity contribution >= 4 is 29.5 Å². The smallest absolute Gasteiger partial charge is 0.221 e. The summed E-state index contributed by atoms with van der Waals surface area (Å²) in [5.41, 5.74) is -13.1. The van der Waals surface area contributed by atoms with Crippen molar-refractivity contribution in [3.63, 3.8) is 0 Å². The first kappa shape index (κ1) is 20.7. The fourth-order valence-electron chi connectivity index (χ4n) is 1.44. The lowest BCUT2D eigenvalue weighted by Gasteiger charge is -2.21. The normalized spacial score (nSPS) is 14.8. The molecule has 0 aliphatic carbocycles. The zero-order valence-electron chi connectivity index (χ0n) is 10.9. The summed E-state index contributed by atoms with van der Waals surface area (Å²) in [6, 6.07) is 3.74. The third-order valence-electron chi connectivity index (χ3n) is 2.48. The van der Waals surface area contributed by atoms with Crippen molar-refractivity contribution < 1.29 is 51.6 Å². The van der Waals surface area contributed by atoms with Gasteiger partial charge in [0.15, 0.2) is 0 Å². The predicted molar refractivity (Wildman–Crippen MR) is 67.4 cm³/mol. The Labute approximate surface area is 131 Å². The second kappa shape index (κ2) is 5.87. The van der Waals surface area contributed by atoms with E-state index in [4.69, 9.17) is 0 Å². The lowest BCUT2D eigenvalue weighted by molar-refractivity contribution is -0.0462. The third kappa shape index (κ3) is 3.37. The van der Waals surface area contributed by atoms with Crippen LogP contribution < -0.4 is 0 Å². The van der Waals surface area contributed by atoms with Gasteiger partial charge in [-0.25, -0.2) is 25.3 Å². The molecule has 6 nitrogen and oxygen atoms in total. The van der Waals surface area contributed by atoms with Crippen LogP contribution in [-0.2, 0) is 29.5 Å². The largest absolute Gasteiger partial charge is 0.499 e. The fourth-order valence-corrected chi connectivity index (χ4v) is 8.61. The maximum absolute atomic E-state index is 12.6. The summed E-state index contributed by atoms with van der Waals surface area (Å²) >= 11 is 0.